The molecule has 1 N–H and O–H groups in total. The molecule has 2 rings (SSSR count). The molecule has 2 atom stereocenters. The largest absolute Gasteiger partial charge is 0.444 e. The number of nitrogens with zero attached hydrogens (tertiary/aromatic N) is 1. The summed E-state index contributed by atoms with van der Waals surface area (Å²) in [7, 11) is 0. The first-order valence-corrected chi connectivity index (χ1v) is 5.35. The highest BCUT2D eigenvalue weighted by atomic mass is 16.4. The van der Waals surface area contributed by atoms with Crippen molar-refractivity contribution in [3.05, 3.63) is 17.8 Å². The van der Waals surface area contributed by atoms with Gasteiger partial charge in [0.05, 0.1) is 12.2 Å². The van der Waals surface area contributed by atoms with Gasteiger partial charge in [0.2, 0.25) is 5.89 Å². The van der Waals surface area contributed by atoms with E-state index in [1.807, 2.05) is 6.92 Å². The van der Waals surface area contributed by atoms with Crippen LogP contribution < -0.4 is 5.32 Å². The summed E-state index contributed by atoms with van der Waals surface area (Å²) in [6, 6.07) is 0.802. The Morgan fingerprint density at radius 1 is 1.50 bits per heavy atom. The van der Waals surface area contributed by atoms with E-state index in [4.69, 9.17) is 4.42 Å². The summed E-state index contributed by atoms with van der Waals surface area (Å²) in [6.45, 7) is 6.27. The Labute approximate surface area is 84.9 Å². The molecule has 0 bridgehead atoms. The smallest absolute Gasteiger partial charge is 0.211 e. The quantitative estimate of drug-likeness (QED) is 0.800. The average molecular weight is 194 g/mol. The Morgan fingerprint density at radius 2 is 2.21 bits per heavy atom. The first-order valence-electron chi connectivity index (χ1n) is 5.35. The second kappa shape index (κ2) is 3.73. The van der Waals surface area contributed by atoms with Crippen molar-refractivity contribution in [2.75, 3.05) is 0 Å². The molecule has 0 radical (unpaired) electrons. The molecule has 0 spiro atoms. The lowest BCUT2D eigenvalue weighted by Gasteiger charge is -2.16. The highest BCUT2D eigenvalue weighted by Crippen LogP contribution is 2.33. The van der Waals surface area contributed by atoms with Crippen LogP contribution in [0.4, 0.5) is 0 Å². The first kappa shape index (κ1) is 9.71. The van der Waals surface area contributed by atoms with Gasteiger partial charge >= 0.3 is 0 Å². The van der Waals surface area contributed by atoms with Gasteiger partial charge in [-0.1, -0.05) is 0 Å². The average Bonchev–Trinajstić information content (AvgIpc) is 2.89. The highest BCUT2D eigenvalue weighted by Gasteiger charge is 2.29. The standard InChI is InChI=1S/C11H18N2O/c1-7-6-12-11(14-7)9(3)13-8(2)10-4-5-10/h6,8-10,13H,4-5H2,1-3H3. The molecule has 1 aromatic heterocycles. The second-order valence-corrected chi connectivity index (χ2v) is 4.32. The number of hydrogen-bond acceptors (Lipinski definition) is 3. The van der Waals surface area contributed by atoms with Crippen LogP contribution in [0.5, 0.6) is 0 Å². The third kappa shape index (κ3) is 2.15. The van der Waals surface area contributed by atoms with Gasteiger partial charge in [-0.25, -0.2) is 4.98 Å². The van der Waals surface area contributed by atoms with Crippen LogP contribution in [0.1, 0.15) is 44.4 Å². The van der Waals surface area contributed by atoms with Crippen LogP contribution in [-0.4, -0.2) is 11.0 Å². The van der Waals surface area contributed by atoms with Crippen molar-refractivity contribution in [2.24, 2.45) is 5.92 Å². The van der Waals surface area contributed by atoms with Crippen LogP contribution in [0.15, 0.2) is 10.6 Å². The van der Waals surface area contributed by atoms with E-state index in [2.05, 4.69) is 24.1 Å². The Kier molecular flexibility index (Phi) is 2.59. The van der Waals surface area contributed by atoms with Gasteiger partial charge in [0.25, 0.3) is 0 Å². The van der Waals surface area contributed by atoms with Crippen LogP contribution in [0.3, 0.4) is 0 Å². The molecule has 1 aliphatic rings. The molecule has 0 saturated heterocycles. The van der Waals surface area contributed by atoms with Gasteiger partial charge in [-0.15, -0.1) is 0 Å². The van der Waals surface area contributed by atoms with E-state index >= 15 is 0 Å². The van der Waals surface area contributed by atoms with E-state index in [0.29, 0.717) is 6.04 Å². The minimum absolute atomic E-state index is 0.222. The predicted octanol–water partition coefficient (Wildman–Crippen LogP) is 2.43. The molecule has 1 saturated carbocycles. The van der Waals surface area contributed by atoms with E-state index in [9.17, 15) is 0 Å². The molecular weight excluding hydrogens is 176 g/mol. The van der Waals surface area contributed by atoms with E-state index in [1.165, 1.54) is 12.8 Å². The monoisotopic (exact) mass is 194 g/mol. The van der Waals surface area contributed by atoms with E-state index in [0.717, 1.165) is 17.6 Å². The molecule has 0 amide bonds. The van der Waals surface area contributed by atoms with Crippen LogP contribution in [0.2, 0.25) is 0 Å². The topological polar surface area (TPSA) is 38.1 Å². The predicted molar refractivity (Wildman–Crippen MR) is 55.0 cm³/mol. The maximum atomic E-state index is 5.47. The third-order valence-corrected chi connectivity index (χ3v) is 2.85. The van der Waals surface area contributed by atoms with Gasteiger partial charge in [0, 0.05) is 6.04 Å². The maximum absolute atomic E-state index is 5.47. The van der Waals surface area contributed by atoms with Gasteiger partial charge < -0.3 is 9.73 Å². The van der Waals surface area contributed by atoms with E-state index in [1.54, 1.807) is 6.20 Å². The summed E-state index contributed by atoms with van der Waals surface area (Å²) < 4.78 is 5.47. The second-order valence-electron chi connectivity index (χ2n) is 4.32. The Hall–Kier alpha value is -0.830. The summed E-state index contributed by atoms with van der Waals surface area (Å²) in [5.74, 6) is 2.55. The normalized spacial score (nSPS) is 20.8. The molecule has 1 aliphatic carbocycles. The van der Waals surface area contributed by atoms with Crippen molar-refractivity contribution in [3.8, 4) is 0 Å². The number of hydrogen-bond donors (Lipinski definition) is 1. The summed E-state index contributed by atoms with van der Waals surface area (Å²) in [5.41, 5.74) is 0. The molecule has 78 valence electrons. The van der Waals surface area contributed by atoms with Crippen LogP contribution in [0, 0.1) is 12.8 Å². The van der Waals surface area contributed by atoms with Crippen LogP contribution in [0.25, 0.3) is 0 Å². The first-order chi connectivity index (χ1) is 6.66. The Balaban J connectivity index is 1.91. The molecule has 14 heavy (non-hydrogen) atoms. The zero-order valence-corrected chi connectivity index (χ0v) is 9.08. The molecule has 1 fully saturated rings. The summed E-state index contributed by atoms with van der Waals surface area (Å²) >= 11 is 0. The van der Waals surface area contributed by atoms with Gasteiger partial charge in [0.1, 0.15) is 5.76 Å². The van der Waals surface area contributed by atoms with Crippen molar-refractivity contribution in [3.63, 3.8) is 0 Å². The zero-order valence-electron chi connectivity index (χ0n) is 9.08. The number of nitrogens with one attached hydrogen (secondary N) is 1. The van der Waals surface area contributed by atoms with Crippen molar-refractivity contribution in [2.45, 2.75) is 45.7 Å². The Morgan fingerprint density at radius 3 is 2.71 bits per heavy atom. The molecule has 2 unspecified atom stereocenters. The SMILES string of the molecule is Cc1cnc(C(C)NC(C)C2CC2)o1. The van der Waals surface area contributed by atoms with Crippen LogP contribution in [-0.2, 0) is 0 Å². The molecule has 3 heteroatoms. The lowest BCUT2D eigenvalue weighted by atomic mass is 10.2. The minimum atomic E-state index is 0.222. The zero-order chi connectivity index (χ0) is 10.1. The van der Waals surface area contributed by atoms with E-state index < -0.39 is 0 Å². The van der Waals surface area contributed by atoms with Gasteiger partial charge in [-0.05, 0) is 39.5 Å². The minimum Gasteiger partial charge on any atom is -0.444 e. The number of aryl methyl sites for hydroxylation is 1. The van der Waals surface area contributed by atoms with Crippen LogP contribution >= 0.6 is 0 Å². The molecule has 0 aromatic carbocycles. The summed E-state index contributed by atoms with van der Waals surface area (Å²) in [5, 5.41) is 3.52. The van der Waals surface area contributed by atoms with Crippen molar-refractivity contribution < 1.29 is 4.42 Å². The van der Waals surface area contributed by atoms with Gasteiger partial charge in [0.15, 0.2) is 0 Å². The van der Waals surface area contributed by atoms with Gasteiger partial charge in [-0.2, -0.15) is 0 Å². The lowest BCUT2D eigenvalue weighted by Crippen LogP contribution is -2.30. The number of rotatable bonds is 4. The molecular formula is C11H18N2O. The summed E-state index contributed by atoms with van der Waals surface area (Å²) in [4.78, 5) is 4.22. The lowest BCUT2D eigenvalue weighted by molar-refractivity contribution is 0.363. The fraction of sp³-hybridized carbons (Fsp3) is 0.727. The van der Waals surface area contributed by atoms with Crippen molar-refractivity contribution in [1.29, 1.82) is 0 Å². The summed E-state index contributed by atoms with van der Waals surface area (Å²) in [6.07, 6.45) is 4.51. The molecule has 3 nitrogen and oxygen atoms in total. The van der Waals surface area contributed by atoms with Crippen molar-refractivity contribution >= 4 is 0 Å². The molecule has 1 aromatic rings. The maximum Gasteiger partial charge on any atom is 0.211 e. The Bertz CT molecular complexity index is 304. The molecule has 0 aliphatic heterocycles. The number of aromatic nitrogens is 1. The number of oxazole rings is 1. The van der Waals surface area contributed by atoms with Gasteiger partial charge in [-0.3, -0.25) is 0 Å². The van der Waals surface area contributed by atoms with Crippen molar-refractivity contribution in [1.82, 2.24) is 10.3 Å². The molecule has 1 heterocycles. The fourth-order valence-electron chi connectivity index (χ4n) is 1.77. The fourth-order valence-corrected chi connectivity index (χ4v) is 1.77. The van der Waals surface area contributed by atoms with E-state index in [-0.39, 0.29) is 6.04 Å². The highest BCUT2D eigenvalue weighted by molar-refractivity contribution is 4.96. The third-order valence-electron chi connectivity index (χ3n) is 2.85.